The van der Waals surface area contributed by atoms with Gasteiger partial charge in [-0.2, -0.15) is 4.39 Å². The second-order valence-electron chi connectivity index (χ2n) is 7.66. The fourth-order valence-corrected chi connectivity index (χ4v) is 4.22. The quantitative estimate of drug-likeness (QED) is 0.497. The van der Waals surface area contributed by atoms with Gasteiger partial charge in [0.05, 0.1) is 0 Å². The van der Waals surface area contributed by atoms with Crippen LogP contribution in [0.4, 0.5) is 26.3 Å². The second kappa shape index (κ2) is 8.78. The Morgan fingerprint density at radius 3 is 2.13 bits per heavy atom. The van der Waals surface area contributed by atoms with E-state index < -0.39 is 46.4 Å². The molecule has 0 unspecified atom stereocenters. The first-order valence-electron chi connectivity index (χ1n) is 9.87. The van der Waals surface area contributed by atoms with E-state index in [-0.39, 0.29) is 11.5 Å². The van der Waals surface area contributed by atoms with Gasteiger partial charge >= 0.3 is 6.36 Å². The van der Waals surface area contributed by atoms with Gasteiger partial charge in [-0.1, -0.05) is 31.9 Å². The van der Waals surface area contributed by atoms with Crippen molar-refractivity contribution in [3.63, 3.8) is 0 Å². The van der Waals surface area contributed by atoms with E-state index in [9.17, 15) is 31.4 Å². The molecule has 1 N–H and O–H groups in total. The molecule has 30 heavy (non-hydrogen) atoms. The van der Waals surface area contributed by atoms with Crippen LogP contribution in [0.5, 0.6) is 11.5 Å². The van der Waals surface area contributed by atoms with Gasteiger partial charge in [0.15, 0.2) is 23.1 Å². The number of halogens is 6. The van der Waals surface area contributed by atoms with Crippen molar-refractivity contribution in [1.82, 2.24) is 0 Å². The van der Waals surface area contributed by atoms with Crippen molar-refractivity contribution >= 4 is 0 Å². The maximum atomic E-state index is 14.8. The molecular weight excluding hydrogens is 410 g/mol. The molecule has 0 bridgehead atoms. The van der Waals surface area contributed by atoms with Gasteiger partial charge in [0.25, 0.3) is 0 Å². The van der Waals surface area contributed by atoms with Gasteiger partial charge in [-0.15, -0.1) is 13.2 Å². The van der Waals surface area contributed by atoms with Crippen molar-refractivity contribution in [2.45, 2.75) is 57.7 Å². The number of alkyl halides is 3. The first-order valence-corrected chi connectivity index (χ1v) is 9.87. The minimum atomic E-state index is -5.16. The third kappa shape index (κ3) is 4.68. The summed E-state index contributed by atoms with van der Waals surface area (Å²) in [4.78, 5) is 0. The van der Waals surface area contributed by atoms with Crippen molar-refractivity contribution in [3.05, 3.63) is 47.3 Å². The molecule has 0 spiro atoms. The van der Waals surface area contributed by atoms with E-state index in [4.69, 9.17) is 0 Å². The maximum absolute atomic E-state index is 14.8. The zero-order valence-electron chi connectivity index (χ0n) is 16.3. The zero-order valence-corrected chi connectivity index (χ0v) is 16.3. The summed E-state index contributed by atoms with van der Waals surface area (Å²) in [7, 11) is 0. The summed E-state index contributed by atoms with van der Waals surface area (Å²) in [5, 5.41) is 9.93. The Morgan fingerprint density at radius 1 is 0.900 bits per heavy atom. The molecule has 0 saturated heterocycles. The fourth-order valence-electron chi connectivity index (χ4n) is 4.22. The summed E-state index contributed by atoms with van der Waals surface area (Å²) in [6, 6.07) is 4.08. The van der Waals surface area contributed by atoms with Crippen molar-refractivity contribution < 1.29 is 36.2 Å². The molecule has 3 rings (SSSR count). The molecule has 0 aromatic heterocycles. The number of phenolic OH excluding ortho intramolecular Hbond substituents is 1. The zero-order chi connectivity index (χ0) is 22.1. The van der Waals surface area contributed by atoms with Crippen molar-refractivity contribution in [2.24, 2.45) is 5.92 Å². The van der Waals surface area contributed by atoms with Crippen LogP contribution in [-0.2, 0) is 0 Å². The van der Waals surface area contributed by atoms with Gasteiger partial charge in [0.1, 0.15) is 0 Å². The van der Waals surface area contributed by atoms with E-state index in [1.807, 2.05) is 0 Å². The number of hydrogen-bond acceptors (Lipinski definition) is 2. The molecule has 1 fully saturated rings. The lowest BCUT2D eigenvalue weighted by Gasteiger charge is -2.29. The summed E-state index contributed by atoms with van der Waals surface area (Å²) >= 11 is 0. The highest BCUT2D eigenvalue weighted by Gasteiger charge is 2.34. The minimum absolute atomic E-state index is 0.130. The summed E-state index contributed by atoms with van der Waals surface area (Å²) in [5.74, 6) is -6.11. The van der Waals surface area contributed by atoms with Gasteiger partial charge in [-0.05, 0) is 55.2 Å². The number of rotatable bonds is 5. The Kier molecular flexibility index (Phi) is 6.53. The summed E-state index contributed by atoms with van der Waals surface area (Å²) in [6.07, 6.45) is 0.390. The highest BCUT2D eigenvalue weighted by Crippen LogP contribution is 2.42. The molecule has 2 aromatic carbocycles. The number of ether oxygens (including phenoxy) is 1. The molecule has 0 aliphatic heterocycles. The SMILES string of the molecule is CCCC1CCC(c2ccc(-c3ccc(OC(F)(F)F)c(F)c3O)c(F)c2F)CC1. The Bertz CT molecular complexity index is 901. The smallest absolute Gasteiger partial charge is 0.504 e. The summed E-state index contributed by atoms with van der Waals surface area (Å²) in [5.41, 5.74) is -0.675. The molecule has 0 heterocycles. The van der Waals surface area contributed by atoms with Crippen LogP contribution in [-0.4, -0.2) is 11.5 Å². The van der Waals surface area contributed by atoms with Gasteiger partial charge in [0.2, 0.25) is 5.82 Å². The predicted molar refractivity (Wildman–Crippen MR) is 99.7 cm³/mol. The third-order valence-corrected chi connectivity index (χ3v) is 5.69. The highest BCUT2D eigenvalue weighted by molar-refractivity contribution is 5.72. The molecule has 2 aromatic rings. The summed E-state index contributed by atoms with van der Waals surface area (Å²) in [6.45, 7) is 2.11. The largest absolute Gasteiger partial charge is 0.573 e. The lowest BCUT2D eigenvalue weighted by Crippen LogP contribution is -2.18. The molecule has 0 amide bonds. The first-order chi connectivity index (χ1) is 14.1. The van der Waals surface area contributed by atoms with Gasteiger partial charge in [-0.25, -0.2) is 8.78 Å². The van der Waals surface area contributed by atoms with Gasteiger partial charge in [0, 0.05) is 11.1 Å². The molecule has 1 saturated carbocycles. The molecule has 164 valence electrons. The van der Waals surface area contributed by atoms with Crippen LogP contribution < -0.4 is 4.74 Å². The predicted octanol–water partition coefficient (Wildman–Crippen LogP) is 7.45. The van der Waals surface area contributed by atoms with Crippen molar-refractivity contribution in [2.75, 3.05) is 0 Å². The molecule has 2 nitrogen and oxygen atoms in total. The third-order valence-electron chi connectivity index (χ3n) is 5.69. The Morgan fingerprint density at radius 2 is 1.53 bits per heavy atom. The number of hydrogen-bond donors (Lipinski definition) is 1. The summed E-state index contributed by atoms with van der Waals surface area (Å²) < 4.78 is 84.0. The Balaban J connectivity index is 1.88. The van der Waals surface area contributed by atoms with Crippen LogP contribution in [0, 0.1) is 23.4 Å². The number of aromatic hydroxyl groups is 1. The Labute approximate surface area is 170 Å². The van der Waals surface area contributed by atoms with Crippen LogP contribution in [0.25, 0.3) is 11.1 Å². The molecule has 1 aliphatic rings. The second-order valence-corrected chi connectivity index (χ2v) is 7.66. The average molecular weight is 432 g/mol. The van der Waals surface area contributed by atoms with Crippen LogP contribution in [0.1, 0.15) is 56.9 Å². The fraction of sp³-hybridized carbons (Fsp3) is 0.455. The van der Waals surface area contributed by atoms with Crippen LogP contribution in [0.15, 0.2) is 24.3 Å². The van der Waals surface area contributed by atoms with Crippen LogP contribution in [0.2, 0.25) is 0 Å². The highest BCUT2D eigenvalue weighted by atomic mass is 19.4. The monoisotopic (exact) mass is 432 g/mol. The van der Waals surface area contributed by atoms with E-state index >= 15 is 0 Å². The van der Waals surface area contributed by atoms with E-state index in [1.54, 1.807) is 0 Å². The topological polar surface area (TPSA) is 29.5 Å². The molecule has 0 radical (unpaired) electrons. The average Bonchev–Trinajstić information content (AvgIpc) is 2.68. The van der Waals surface area contributed by atoms with Gasteiger partial charge in [-0.3, -0.25) is 0 Å². The van der Waals surface area contributed by atoms with Crippen molar-refractivity contribution in [3.8, 4) is 22.6 Å². The normalized spacial score (nSPS) is 19.7. The van der Waals surface area contributed by atoms with E-state index in [2.05, 4.69) is 11.7 Å². The molecular formula is C22H22F6O2. The van der Waals surface area contributed by atoms with E-state index in [0.717, 1.165) is 44.6 Å². The standard InChI is InChI=1S/C22H22F6O2/c1-2-3-12-4-6-13(7-5-12)14-8-9-15(19(24)18(14)23)16-10-11-17(20(25)21(16)29)30-22(26,27)28/h8-13,29H,2-7H2,1H3. The van der Waals surface area contributed by atoms with Gasteiger partial charge < -0.3 is 9.84 Å². The Hall–Kier alpha value is -2.38. The number of benzene rings is 2. The molecule has 0 atom stereocenters. The lowest BCUT2D eigenvalue weighted by molar-refractivity contribution is -0.275. The maximum Gasteiger partial charge on any atom is 0.573 e. The number of phenols is 1. The minimum Gasteiger partial charge on any atom is -0.504 e. The molecule has 8 heteroatoms. The van der Waals surface area contributed by atoms with E-state index in [0.29, 0.717) is 12.0 Å². The van der Waals surface area contributed by atoms with Crippen LogP contribution in [0.3, 0.4) is 0 Å². The van der Waals surface area contributed by atoms with E-state index in [1.165, 1.54) is 12.1 Å². The lowest BCUT2D eigenvalue weighted by atomic mass is 9.77. The first kappa shape index (κ1) is 22.3. The van der Waals surface area contributed by atoms with Crippen molar-refractivity contribution in [1.29, 1.82) is 0 Å². The van der Waals surface area contributed by atoms with Crippen LogP contribution >= 0.6 is 0 Å². The molecule has 1 aliphatic carbocycles.